The van der Waals surface area contributed by atoms with Crippen LogP contribution in [0.3, 0.4) is 0 Å². The number of benzene rings is 2. The van der Waals surface area contributed by atoms with Gasteiger partial charge in [0.2, 0.25) is 0 Å². The molecule has 0 aliphatic carbocycles. The van der Waals surface area contributed by atoms with Crippen molar-refractivity contribution in [2.75, 3.05) is 0 Å². The zero-order valence-electron chi connectivity index (χ0n) is 12.2. The molecule has 1 heterocycles. The first-order valence-corrected chi connectivity index (χ1v) is 7.78. The average Bonchev–Trinajstić information content (AvgIpc) is 2.87. The zero-order chi connectivity index (χ0) is 14.7. The van der Waals surface area contributed by atoms with E-state index in [0.717, 1.165) is 10.4 Å². The zero-order valence-corrected chi connectivity index (χ0v) is 13.0. The Morgan fingerprint density at radius 3 is 2.38 bits per heavy atom. The van der Waals surface area contributed by atoms with Crippen LogP contribution < -0.4 is 0 Å². The van der Waals surface area contributed by atoms with Crippen LogP contribution in [0.1, 0.15) is 21.6 Å². The third-order valence-corrected chi connectivity index (χ3v) is 4.50. The molecule has 0 aliphatic rings. The van der Waals surface area contributed by atoms with Gasteiger partial charge in [-0.1, -0.05) is 59.9 Å². The second-order valence-electron chi connectivity index (χ2n) is 5.11. The standard InChI is InChI=1S/C20H16S/c1-15-7-6-10-18(13-15)20-16(2)14-19(21-20)12-11-17-8-4-3-5-9-17/h3-10,13-14H,1-2H3. The number of rotatable bonds is 1. The van der Waals surface area contributed by atoms with Gasteiger partial charge in [0, 0.05) is 10.4 Å². The first kappa shape index (κ1) is 13.7. The van der Waals surface area contributed by atoms with E-state index in [2.05, 4.69) is 56.0 Å². The maximum Gasteiger partial charge on any atom is 0.0781 e. The lowest BCUT2D eigenvalue weighted by Gasteiger charge is -2.00. The molecule has 0 aliphatic heterocycles. The van der Waals surface area contributed by atoms with Crippen molar-refractivity contribution >= 4 is 11.3 Å². The number of thiophene rings is 1. The SMILES string of the molecule is Cc1cccc(-c2sc(C#Cc3ccccc3)cc2C)c1. The molecule has 0 saturated carbocycles. The molecule has 0 unspecified atom stereocenters. The second-order valence-corrected chi connectivity index (χ2v) is 6.16. The topological polar surface area (TPSA) is 0 Å². The quantitative estimate of drug-likeness (QED) is 0.524. The first-order chi connectivity index (χ1) is 10.2. The van der Waals surface area contributed by atoms with Gasteiger partial charge in [0.05, 0.1) is 4.88 Å². The number of hydrogen-bond acceptors (Lipinski definition) is 1. The number of aryl methyl sites for hydroxylation is 2. The van der Waals surface area contributed by atoms with E-state index in [4.69, 9.17) is 0 Å². The summed E-state index contributed by atoms with van der Waals surface area (Å²) >= 11 is 1.77. The van der Waals surface area contributed by atoms with E-state index in [1.165, 1.54) is 21.6 Å². The normalized spacial score (nSPS) is 10.0. The van der Waals surface area contributed by atoms with Crippen molar-refractivity contribution in [2.24, 2.45) is 0 Å². The molecule has 21 heavy (non-hydrogen) atoms. The third kappa shape index (κ3) is 3.24. The number of hydrogen-bond donors (Lipinski definition) is 0. The Morgan fingerprint density at radius 2 is 1.62 bits per heavy atom. The van der Waals surface area contributed by atoms with E-state index in [0.29, 0.717) is 0 Å². The minimum atomic E-state index is 1.06. The summed E-state index contributed by atoms with van der Waals surface area (Å²) in [5.74, 6) is 6.50. The van der Waals surface area contributed by atoms with Crippen LogP contribution in [0.15, 0.2) is 60.7 Å². The van der Waals surface area contributed by atoms with E-state index in [1.54, 1.807) is 11.3 Å². The molecule has 0 amide bonds. The van der Waals surface area contributed by atoms with Crippen LogP contribution in [-0.2, 0) is 0 Å². The average molecular weight is 288 g/mol. The van der Waals surface area contributed by atoms with Crippen molar-refractivity contribution in [2.45, 2.75) is 13.8 Å². The van der Waals surface area contributed by atoms with Crippen molar-refractivity contribution in [3.8, 4) is 22.3 Å². The fourth-order valence-corrected chi connectivity index (χ4v) is 3.29. The van der Waals surface area contributed by atoms with Gasteiger partial charge in [-0.2, -0.15) is 0 Å². The Balaban J connectivity index is 1.94. The maximum absolute atomic E-state index is 3.28. The summed E-state index contributed by atoms with van der Waals surface area (Å²) in [7, 11) is 0. The van der Waals surface area contributed by atoms with Gasteiger partial charge in [-0.3, -0.25) is 0 Å². The molecule has 0 nitrogen and oxygen atoms in total. The summed E-state index contributed by atoms with van der Waals surface area (Å²) in [6.45, 7) is 4.28. The lowest BCUT2D eigenvalue weighted by atomic mass is 10.1. The molecule has 102 valence electrons. The molecule has 0 saturated heterocycles. The van der Waals surface area contributed by atoms with E-state index < -0.39 is 0 Å². The predicted molar refractivity (Wildman–Crippen MR) is 91.7 cm³/mol. The summed E-state index contributed by atoms with van der Waals surface area (Å²) in [5.41, 5.74) is 4.92. The molecule has 3 rings (SSSR count). The van der Waals surface area contributed by atoms with Crippen LogP contribution in [0.2, 0.25) is 0 Å². The van der Waals surface area contributed by atoms with Gasteiger partial charge in [0.15, 0.2) is 0 Å². The molecule has 1 heteroatoms. The highest BCUT2D eigenvalue weighted by atomic mass is 32.1. The predicted octanol–water partition coefficient (Wildman–Crippen LogP) is 5.43. The Hall–Kier alpha value is -2.30. The van der Waals surface area contributed by atoms with Crippen LogP contribution >= 0.6 is 11.3 Å². The molecule has 0 spiro atoms. The van der Waals surface area contributed by atoms with Gasteiger partial charge >= 0.3 is 0 Å². The summed E-state index contributed by atoms with van der Waals surface area (Å²) in [6, 6.07) is 20.9. The van der Waals surface area contributed by atoms with Crippen LogP contribution in [-0.4, -0.2) is 0 Å². The monoisotopic (exact) mass is 288 g/mol. The van der Waals surface area contributed by atoms with Crippen molar-refractivity contribution < 1.29 is 0 Å². The molecule has 0 bridgehead atoms. The van der Waals surface area contributed by atoms with Crippen molar-refractivity contribution in [3.05, 3.63) is 82.2 Å². The first-order valence-electron chi connectivity index (χ1n) is 6.97. The van der Waals surface area contributed by atoms with Crippen LogP contribution in [0.5, 0.6) is 0 Å². The van der Waals surface area contributed by atoms with Crippen LogP contribution in [0.25, 0.3) is 10.4 Å². The molecule has 0 atom stereocenters. The molecule has 2 aromatic carbocycles. The van der Waals surface area contributed by atoms with Crippen molar-refractivity contribution in [3.63, 3.8) is 0 Å². The Bertz CT molecular complexity index is 814. The van der Waals surface area contributed by atoms with Crippen molar-refractivity contribution in [1.82, 2.24) is 0 Å². The molecule has 1 aromatic heterocycles. The molecule has 0 radical (unpaired) electrons. The summed E-state index contributed by atoms with van der Waals surface area (Å²) in [6.07, 6.45) is 0. The molecule has 3 aromatic rings. The highest BCUT2D eigenvalue weighted by molar-refractivity contribution is 7.16. The third-order valence-electron chi connectivity index (χ3n) is 3.30. The Kier molecular flexibility index (Phi) is 3.90. The highest BCUT2D eigenvalue weighted by Crippen LogP contribution is 2.32. The fourth-order valence-electron chi connectivity index (χ4n) is 2.27. The van der Waals surface area contributed by atoms with Crippen molar-refractivity contribution in [1.29, 1.82) is 0 Å². The smallest absolute Gasteiger partial charge is 0.0781 e. The highest BCUT2D eigenvalue weighted by Gasteiger charge is 2.06. The summed E-state index contributed by atoms with van der Waals surface area (Å²) in [5, 5.41) is 0. The van der Waals surface area contributed by atoms with Gasteiger partial charge in [0.25, 0.3) is 0 Å². The minimum absolute atomic E-state index is 1.06. The van der Waals surface area contributed by atoms with Crippen LogP contribution in [0, 0.1) is 25.7 Å². The minimum Gasteiger partial charge on any atom is -0.126 e. The van der Waals surface area contributed by atoms with Gasteiger partial charge in [-0.05, 0) is 43.2 Å². The Labute approximate surface area is 130 Å². The van der Waals surface area contributed by atoms with E-state index in [-0.39, 0.29) is 0 Å². The lowest BCUT2D eigenvalue weighted by Crippen LogP contribution is -1.77. The molecule has 0 N–H and O–H groups in total. The molecule has 0 fully saturated rings. The van der Waals surface area contributed by atoms with E-state index in [1.807, 2.05) is 30.3 Å². The van der Waals surface area contributed by atoms with Gasteiger partial charge < -0.3 is 0 Å². The van der Waals surface area contributed by atoms with Gasteiger partial charge in [0.1, 0.15) is 0 Å². The van der Waals surface area contributed by atoms with E-state index in [9.17, 15) is 0 Å². The van der Waals surface area contributed by atoms with Gasteiger partial charge in [-0.15, -0.1) is 11.3 Å². The van der Waals surface area contributed by atoms with Gasteiger partial charge in [-0.25, -0.2) is 0 Å². The summed E-state index contributed by atoms with van der Waals surface area (Å²) in [4.78, 5) is 2.43. The molecular formula is C20H16S. The fraction of sp³-hybridized carbons (Fsp3) is 0.100. The lowest BCUT2D eigenvalue weighted by molar-refractivity contribution is 1.46. The maximum atomic E-state index is 3.28. The summed E-state index contributed by atoms with van der Waals surface area (Å²) < 4.78 is 0. The largest absolute Gasteiger partial charge is 0.126 e. The molecular weight excluding hydrogens is 272 g/mol. The second kappa shape index (κ2) is 5.99. The van der Waals surface area contributed by atoms with E-state index >= 15 is 0 Å². The van der Waals surface area contributed by atoms with Crippen LogP contribution in [0.4, 0.5) is 0 Å². The Morgan fingerprint density at radius 1 is 0.810 bits per heavy atom.